The van der Waals surface area contributed by atoms with Crippen LogP contribution in [0.2, 0.25) is 0 Å². The Bertz CT molecular complexity index is 885. The van der Waals surface area contributed by atoms with Gasteiger partial charge in [0, 0.05) is 10.4 Å². The van der Waals surface area contributed by atoms with Crippen molar-refractivity contribution in [1.82, 2.24) is 10.2 Å². The fourth-order valence-electron chi connectivity index (χ4n) is 2.39. The molecular weight excluding hydrogens is 351 g/mol. The number of benzene rings is 1. The van der Waals surface area contributed by atoms with E-state index in [-0.39, 0.29) is 23.6 Å². The van der Waals surface area contributed by atoms with E-state index in [4.69, 9.17) is 0 Å². The van der Waals surface area contributed by atoms with Gasteiger partial charge in [0.1, 0.15) is 5.69 Å². The van der Waals surface area contributed by atoms with Crippen molar-refractivity contribution in [2.75, 3.05) is 5.32 Å². The lowest BCUT2D eigenvalue weighted by molar-refractivity contribution is -0.137. The molecule has 0 spiro atoms. The molecule has 1 aromatic carbocycles. The zero-order valence-electron chi connectivity index (χ0n) is 13.1. The van der Waals surface area contributed by atoms with Gasteiger partial charge in [-0.1, -0.05) is 18.2 Å². The van der Waals surface area contributed by atoms with Crippen LogP contribution in [0.3, 0.4) is 0 Å². The first-order valence-corrected chi connectivity index (χ1v) is 8.27. The second kappa shape index (κ2) is 6.72. The van der Waals surface area contributed by atoms with Crippen LogP contribution in [0.4, 0.5) is 18.9 Å². The first-order chi connectivity index (χ1) is 11.8. The number of alkyl halides is 3. The van der Waals surface area contributed by atoms with Gasteiger partial charge in [0.2, 0.25) is 5.91 Å². The Labute approximate surface area is 145 Å². The van der Waals surface area contributed by atoms with Gasteiger partial charge in [-0.05, 0) is 30.5 Å². The molecule has 3 rings (SSSR count). The number of hydrogen-bond acceptors (Lipinski definition) is 3. The molecule has 3 aromatic rings. The fraction of sp³-hybridized carbons (Fsp3) is 0.176. The molecule has 2 aromatic heterocycles. The molecule has 130 valence electrons. The highest BCUT2D eigenvalue weighted by Gasteiger charge is 2.31. The molecule has 0 aliphatic heterocycles. The van der Waals surface area contributed by atoms with E-state index < -0.39 is 11.7 Å². The molecule has 1 amide bonds. The molecule has 0 saturated heterocycles. The highest BCUT2D eigenvalue weighted by molar-refractivity contribution is 7.10. The minimum absolute atomic E-state index is 0.199. The lowest BCUT2D eigenvalue weighted by atomic mass is 10.1. The van der Waals surface area contributed by atoms with Gasteiger partial charge in [0.05, 0.1) is 23.4 Å². The smallest absolute Gasteiger partial charge is 0.322 e. The monoisotopic (exact) mass is 365 g/mol. The Morgan fingerprint density at radius 3 is 2.76 bits per heavy atom. The maximum absolute atomic E-state index is 12.9. The summed E-state index contributed by atoms with van der Waals surface area (Å²) in [5.74, 6) is -0.250. The van der Waals surface area contributed by atoms with Crippen molar-refractivity contribution >= 4 is 22.9 Å². The zero-order valence-corrected chi connectivity index (χ0v) is 14.0. The van der Waals surface area contributed by atoms with Crippen LogP contribution in [-0.2, 0) is 17.4 Å². The van der Waals surface area contributed by atoms with Gasteiger partial charge in [-0.15, -0.1) is 11.3 Å². The number of nitrogens with zero attached hydrogens (tertiary/aromatic N) is 1. The van der Waals surface area contributed by atoms with Crippen molar-refractivity contribution in [2.45, 2.75) is 19.5 Å². The van der Waals surface area contributed by atoms with Crippen molar-refractivity contribution in [3.63, 3.8) is 0 Å². The molecule has 0 bridgehead atoms. The van der Waals surface area contributed by atoms with Crippen LogP contribution in [0.5, 0.6) is 0 Å². The molecule has 2 heterocycles. The second-order valence-corrected chi connectivity index (χ2v) is 6.49. The van der Waals surface area contributed by atoms with Gasteiger partial charge in [0.15, 0.2) is 0 Å². The Balaban J connectivity index is 1.88. The minimum atomic E-state index is -4.44. The van der Waals surface area contributed by atoms with Crippen molar-refractivity contribution in [1.29, 1.82) is 0 Å². The van der Waals surface area contributed by atoms with Crippen LogP contribution in [0.1, 0.15) is 16.1 Å². The first kappa shape index (κ1) is 17.2. The van der Waals surface area contributed by atoms with Crippen molar-refractivity contribution in [3.8, 4) is 11.3 Å². The van der Waals surface area contributed by atoms with Gasteiger partial charge in [-0.2, -0.15) is 18.3 Å². The summed E-state index contributed by atoms with van der Waals surface area (Å²) in [5.41, 5.74) is 0.767. The molecule has 0 radical (unpaired) electrons. The predicted molar refractivity (Wildman–Crippen MR) is 90.4 cm³/mol. The number of amides is 1. The first-order valence-electron chi connectivity index (χ1n) is 7.39. The predicted octanol–water partition coefficient (Wildman–Crippen LogP) is 4.65. The third kappa shape index (κ3) is 3.90. The minimum Gasteiger partial charge on any atom is -0.322 e. The van der Waals surface area contributed by atoms with Gasteiger partial charge in [-0.3, -0.25) is 9.89 Å². The molecule has 0 aliphatic rings. The molecule has 0 fully saturated rings. The Morgan fingerprint density at radius 1 is 1.28 bits per heavy atom. The van der Waals surface area contributed by atoms with Crippen LogP contribution in [0, 0.1) is 6.92 Å². The summed E-state index contributed by atoms with van der Waals surface area (Å²) in [5, 5.41) is 11.4. The standard InChI is InChI=1S/C17H14F3N3OS/c1-10-15(21-14(24)9-13-6-3-7-25-13)16(23-22-10)11-4-2-5-12(8-11)17(18,19)20/h2-8H,9H2,1H3,(H,21,24)(H,22,23). The molecular formula is C17H14F3N3OS. The lowest BCUT2D eigenvalue weighted by Gasteiger charge is -2.10. The maximum atomic E-state index is 12.9. The molecule has 25 heavy (non-hydrogen) atoms. The number of halogens is 3. The van der Waals surface area contributed by atoms with E-state index in [2.05, 4.69) is 15.5 Å². The number of aromatic amines is 1. The number of H-pyrrole nitrogens is 1. The molecule has 0 aliphatic carbocycles. The Hall–Kier alpha value is -2.61. The van der Waals surface area contributed by atoms with E-state index in [1.807, 2.05) is 17.5 Å². The summed E-state index contributed by atoms with van der Waals surface area (Å²) in [4.78, 5) is 13.1. The molecule has 0 unspecified atom stereocenters. The van der Waals surface area contributed by atoms with E-state index in [0.717, 1.165) is 17.0 Å². The highest BCUT2D eigenvalue weighted by Crippen LogP contribution is 2.34. The van der Waals surface area contributed by atoms with Crippen molar-refractivity contribution in [3.05, 3.63) is 57.9 Å². The average Bonchev–Trinajstić information content (AvgIpc) is 3.18. The molecule has 0 saturated carbocycles. The van der Waals surface area contributed by atoms with Crippen LogP contribution in [-0.4, -0.2) is 16.1 Å². The van der Waals surface area contributed by atoms with Crippen LogP contribution in [0.15, 0.2) is 41.8 Å². The number of aryl methyl sites for hydroxylation is 1. The van der Waals surface area contributed by atoms with Crippen LogP contribution < -0.4 is 5.32 Å². The number of aromatic nitrogens is 2. The average molecular weight is 365 g/mol. The van der Waals surface area contributed by atoms with E-state index in [1.165, 1.54) is 23.5 Å². The number of carbonyl (C=O) groups is 1. The van der Waals surface area contributed by atoms with Crippen LogP contribution >= 0.6 is 11.3 Å². The quantitative estimate of drug-likeness (QED) is 0.707. The molecule has 4 nitrogen and oxygen atoms in total. The maximum Gasteiger partial charge on any atom is 0.416 e. The van der Waals surface area contributed by atoms with Crippen LogP contribution in [0.25, 0.3) is 11.3 Å². The summed E-state index contributed by atoms with van der Waals surface area (Å²) in [6, 6.07) is 8.56. The van der Waals surface area contributed by atoms with Gasteiger partial charge < -0.3 is 5.32 Å². The number of rotatable bonds is 4. The van der Waals surface area contributed by atoms with E-state index in [1.54, 1.807) is 6.92 Å². The topological polar surface area (TPSA) is 57.8 Å². The normalized spacial score (nSPS) is 11.5. The number of hydrogen-bond donors (Lipinski definition) is 2. The van der Waals surface area contributed by atoms with Gasteiger partial charge in [-0.25, -0.2) is 0 Å². The van der Waals surface area contributed by atoms with Gasteiger partial charge >= 0.3 is 6.18 Å². The Morgan fingerprint density at radius 2 is 2.08 bits per heavy atom. The lowest BCUT2D eigenvalue weighted by Crippen LogP contribution is -2.14. The summed E-state index contributed by atoms with van der Waals surface area (Å²) in [6.45, 7) is 1.70. The molecule has 0 atom stereocenters. The van der Waals surface area contributed by atoms with Gasteiger partial charge in [0.25, 0.3) is 0 Å². The van der Waals surface area contributed by atoms with E-state index in [9.17, 15) is 18.0 Å². The third-order valence-corrected chi connectivity index (χ3v) is 4.47. The second-order valence-electron chi connectivity index (χ2n) is 5.46. The molecule has 2 N–H and O–H groups in total. The summed E-state index contributed by atoms with van der Waals surface area (Å²) in [7, 11) is 0. The van der Waals surface area contributed by atoms with Crippen molar-refractivity contribution < 1.29 is 18.0 Å². The van der Waals surface area contributed by atoms with E-state index in [0.29, 0.717) is 11.4 Å². The number of anilines is 1. The summed E-state index contributed by atoms with van der Waals surface area (Å²) in [6.07, 6.45) is -4.24. The zero-order chi connectivity index (χ0) is 18.0. The largest absolute Gasteiger partial charge is 0.416 e. The SMILES string of the molecule is Cc1[nH]nc(-c2cccc(C(F)(F)F)c2)c1NC(=O)Cc1cccs1. The summed E-state index contributed by atoms with van der Waals surface area (Å²) < 4.78 is 38.7. The fourth-order valence-corrected chi connectivity index (χ4v) is 3.09. The number of thiophene rings is 1. The number of nitrogens with one attached hydrogen (secondary N) is 2. The highest BCUT2D eigenvalue weighted by atomic mass is 32.1. The third-order valence-electron chi connectivity index (χ3n) is 3.59. The summed E-state index contributed by atoms with van der Waals surface area (Å²) >= 11 is 1.46. The van der Waals surface area contributed by atoms with E-state index >= 15 is 0 Å². The Kier molecular flexibility index (Phi) is 4.63. The van der Waals surface area contributed by atoms with Crippen molar-refractivity contribution in [2.24, 2.45) is 0 Å². The molecule has 8 heteroatoms. The number of carbonyl (C=O) groups excluding carboxylic acids is 1.